The fourth-order valence-electron chi connectivity index (χ4n) is 3.40. The highest BCUT2D eigenvalue weighted by Crippen LogP contribution is 2.29. The van der Waals surface area contributed by atoms with Crippen LogP contribution in [0.3, 0.4) is 0 Å². The van der Waals surface area contributed by atoms with E-state index in [1.807, 2.05) is 23.1 Å². The fourth-order valence-corrected chi connectivity index (χ4v) is 3.40. The van der Waals surface area contributed by atoms with Gasteiger partial charge in [-0.05, 0) is 37.3 Å². The number of amides is 1. The molecule has 2 N–H and O–H groups in total. The first kappa shape index (κ1) is 13.4. The highest BCUT2D eigenvalue weighted by molar-refractivity contribution is 5.87. The molecule has 0 spiro atoms. The Morgan fingerprint density at radius 2 is 2.25 bits per heavy atom. The van der Waals surface area contributed by atoms with E-state index in [9.17, 15) is 4.79 Å². The van der Waals surface area contributed by atoms with Crippen LogP contribution in [0.25, 0.3) is 0 Å². The molecule has 1 saturated heterocycles. The number of anilines is 1. The van der Waals surface area contributed by atoms with Crippen molar-refractivity contribution >= 4 is 11.6 Å². The second-order valence-electron chi connectivity index (χ2n) is 5.75. The van der Waals surface area contributed by atoms with Crippen molar-refractivity contribution in [2.24, 2.45) is 0 Å². The smallest absolute Gasteiger partial charge is 0.245 e. The Bertz CT molecular complexity index is 464. The van der Waals surface area contributed by atoms with E-state index in [0.717, 1.165) is 44.3 Å². The van der Waals surface area contributed by atoms with Crippen molar-refractivity contribution < 1.29 is 9.90 Å². The van der Waals surface area contributed by atoms with Gasteiger partial charge in [0.2, 0.25) is 5.91 Å². The van der Waals surface area contributed by atoms with Crippen LogP contribution in [-0.4, -0.2) is 41.1 Å². The van der Waals surface area contributed by atoms with E-state index in [-0.39, 0.29) is 18.6 Å². The third-order valence-electron chi connectivity index (χ3n) is 4.42. The van der Waals surface area contributed by atoms with Crippen LogP contribution < -0.4 is 5.32 Å². The Morgan fingerprint density at radius 3 is 3.05 bits per heavy atom. The van der Waals surface area contributed by atoms with Crippen molar-refractivity contribution in [3.05, 3.63) is 29.8 Å². The Labute approximate surface area is 119 Å². The van der Waals surface area contributed by atoms with Crippen molar-refractivity contribution in [1.29, 1.82) is 0 Å². The lowest BCUT2D eigenvalue weighted by Crippen LogP contribution is -2.44. The number of fused-ring (bicyclic) bond motifs is 1. The second-order valence-corrected chi connectivity index (χ2v) is 5.75. The lowest BCUT2D eigenvalue weighted by molar-refractivity contribution is -0.132. The molecule has 1 fully saturated rings. The molecule has 108 valence electrons. The van der Waals surface area contributed by atoms with Crippen LogP contribution in [0.5, 0.6) is 0 Å². The summed E-state index contributed by atoms with van der Waals surface area (Å²) in [5, 5.41) is 12.3. The molecule has 1 amide bonds. The zero-order chi connectivity index (χ0) is 13.9. The molecule has 1 aromatic rings. The molecule has 2 heterocycles. The normalized spacial score (nSPS) is 24.6. The first-order valence-corrected chi connectivity index (χ1v) is 7.55. The quantitative estimate of drug-likeness (QED) is 0.880. The van der Waals surface area contributed by atoms with E-state index in [2.05, 4.69) is 11.4 Å². The lowest BCUT2D eigenvalue weighted by atomic mass is 10.1. The van der Waals surface area contributed by atoms with Crippen LogP contribution in [0.2, 0.25) is 0 Å². The van der Waals surface area contributed by atoms with E-state index >= 15 is 0 Å². The van der Waals surface area contributed by atoms with E-state index in [4.69, 9.17) is 5.11 Å². The standard InChI is InChI=1S/C16H22N2O2/c19-10-4-7-13-6-3-9-18(13)16(20)15-11-12-5-1-2-8-14(12)17-15/h1-2,5,8,13,15,17,19H,3-4,6-7,9-11H2. The molecule has 0 saturated carbocycles. The Hall–Kier alpha value is -1.55. The van der Waals surface area contributed by atoms with Crippen molar-refractivity contribution in [3.8, 4) is 0 Å². The molecule has 20 heavy (non-hydrogen) atoms. The number of carbonyl (C=O) groups excluding carboxylic acids is 1. The number of hydrogen-bond acceptors (Lipinski definition) is 3. The third kappa shape index (κ3) is 2.52. The first-order valence-electron chi connectivity index (χ1n) is 7.55. The molecule has 2 aliphatic rings. The number of rotatable bonds is 4. The van der Waals surface area contributed by atoms with E-state index < -0.39 is 0 Å². The minimum absolute atomic E-state index is 0.109. The summed E-state index contributed by atoms with van der Waals surface area (Å²) in [6.45, 7) is 1.08. The maximum Gasteiger partial charge on any atom is 0.245 e. The van der Waals surface area contributed by atoms with E-state index in [0.29, 0.717) is 6.04 Å². The molecule has 2 unspecified atom stereocenters. The van der Waals surface area contributed by atoms with Crippen LogP contribution >= 0.6 is 0 Å². The van der Waals surface area contributed by atoms with Gasteiger partial charge in [-0.3, -0.25) is 4.79 Å². The van der Waals surface area contributed by atoms with Crippen molar-refractivity contribution in [1.82, 2.24) is 4.90 Å². The molecular formula is C16H22N2O2. The number of benzene rings is 1. The first-order chi connectivity index (χ1) is 9.79. The number of carbonyl (C=O) groups is 1. The van der Waals surface area contributed by atoms with E-state index in [1.165, 1.54) is 5.56 Å². The maximum atomic E-state index is 12.7. The van der Waals surface area contributed by atoms with Crippen LogP contribution in [0, 0.1) is 0 Å². The molecule has 0 bridgehead atoms. The van der Waals surface area contributed by atoms with Crippen molar-refractivity contribution in [2.75, 3.05) is 18.5 Å². The Kier molecular flexibility index (Phi) is 3.92. The maximum absolute atomic E-state index is 12.7. The molecule has 0 radical (unpaired) electrons. The van der Waals surface area contributed by atoms with Crippen molar-refractivity contribution in [2.45, 2.75) is 44.2 Å². The third-order valence-corrected chi connectivity index (χ3v) is 4.42. The topological polar surface area (TPSA) is 52.6 Å². The molecule has 2 aliphatic heterocycles. The summed E-state index contributed by atoms with van der Waals surface area (Å²) in [6.07, 6.45) is 4.65. The molecule has 3 rings (SSSR count). The number of nitrogens with zero attached hydrogens (tertiary/aromatic N) is 1. The number of aliphatic hydroxyl groups is 1. The van der Waals surface area contributed by atoms with Gasteiger partial charge in [0.25, 0.3) is 0 Å². The van der Waals surface area contributed by atoms with Gasteiger partial charge in [0.05, 0.1) is 0 Å². The minimum Gasteiger partial charge on any atom is -0.396 e. The van der Waals surface area contributed by atoms with Gasteiger partial charge in [-0.25, -0.2) is 0 Å². The van der Waals surface area contributed by atoms with Gasteiger partial charge < -0.3 is 15.3 Å². The molecule has 4 heteroatoms. The van der Waals surface area contributed by atoms with Crippen LogP contribution in [0.4, 0.5) is 5.69 Å². The SMILES string of the molecule is O=C(C1Cc2ccccc2N1)N1CCCC1CCCO. The van der Waals surface area contributed by atoms with Gasteiger partial charge in [0, 0.05) is 31.3 Å². The van der Waals surface area contributed by atoms with Crippen LogP contribution in [-0.2, 0) is 11.2 Å². The molecule has 0 aliphatic carbocycles. The average molecular weight is 274 g/mol. The van der Waals surface area contributed by atoms with Crippen molar-refractivity contribution in [3.63, 3.8) is 0 Å². The zero-order valence-electron chi connectivity index (χ0n) is 11.7. The van der Waals surface area contributed by atoms with Gasteiger partial charge in [-0.1, -0.05) is 18.2 Å². The minimum atomic E-state index is -0.109. The molecule has 4 nitrogen and oxygen atoms in total. The number of likely N-dealkylation sites (tertiary alicyclic amines) is 1. The summed E-state index contributed by atoms with van der Waals surface area (Å²) in [4.78, 5) is 14.7. The van der Waals surface area contributed by atoms with Gasteiger partial charge in [-0.2, -0.15) is 0 Å². The predicted octanol–water partition coefficient (Wildman–Crippen LogP) is 1.79. The highest BCUT2D eigenvalue weighted by Gasteiger charge is 2.35. The number of para-hydroxylation sites is 1. The van der Waals surface area contributed by atoms with Gasteiger partial charge in [-0.15, -0.1) is 0 Å². The summed E-state index contributed by atoms with van der Waals surface area (Å²) in [5.74, 6) is 0.224. The monoisotopic (exact) mass is 274 g/mol. The summed E-state index contributed by atoms with van der Waals surface area (Å²) in [5.41, 5.74) is 2.33. The summed E-state index contributed by atoms with van der Waals surface area (Å²) < 4.78 is 0. The average Bonchev–Trinajstić information content (AvgIpc) is 3.10. The summed E-state index contributed by atoms with van der Waals surface area (Å²) in [7, 11) is 0. The van der Waals surface area contributed by atoms with Gasteiger partial charge in [0.15, 0.2) is 0 Å². The molecular weight excluding hydrogens is 252 g/mol. The number of nitrogens with one attached hydrogen (secondary N) is 1. The van der Waals surface area contributed by atoms with Gasteiger partial charge in [0.1, 0.15) is 6.04 Å². The zero-order valence-corrected chi connectivity index (χ0v) is 11.7. The van der Waals surface area contributed by atoms with Crippen LogP contribution in [0.15, 0.2) is 24.3 Å². The number of aliphatic hydroxyl groups excluding tert-OH is 1. The summed E-state index contributed by atoms with van der Waals surface area (Å²) in [6, 6.07) is 8.35. The molecule has 1 aromatic carbocycles. The molecule has 0 aromatic heterocycles. The second kappa shape index (κ2) is 5.83. The number of hydrogen-bond donors (Lipinski definition) is 2. The Morgan fingerprint density at radius 1 is 1.40 bits per heavy atom. The predicted molar refractivity (Wildman–Crippen MR) is 78.6 cm³/mol. The largest absolute Gasteiger partial charge is 0.396 e. The van der Waals surface area contributed by atoms with E-state index in [1.54, 1.807) is 0 Å². The summed E-state index contributed by atoms with van der Waals surface area (Å²) >= 11 is 0. The highest BCUT2D eigenvalue weighted by atomic mass is 16.3. The lowest BCUT2D eigenvalue weighted by Gasteiger charge is -2.27. The fraction of sp³-hybridized carbons (Fsp3) is 0.562. The van der Waals surface area contributed by atoms with Gasteiger partial charge >= 0.3 is 0 Å². The Balaban J connectivity index is 1.65. The molecule has 2 atom stereocenters. The van der Waals surface area contributed by atoms with Crippen LogP contribution in [0.1, 0.15) is 31.2 Å².